The number of hydrogen-bond acceptors (Lipinski definition) is 3. The van der Waals surface area contributed by atoms with Crippen molar-refractivity contribution in [3.8, 4) is 5.69 Å². The van der Waals surface area contributed by atoms with Crippen LogP contribution < -0.4 is 5.73 Å². The van der Waals surface area contributed by atoms with E-state index in [-0.39, 0.29) is 0 Å². The van der Waals surface area contributed by atoms with Crippen LogP contribution >= 0.6 is 0 Å². The lowest BCUT2D eigenvalue weighted by Crippen LogP contribution is -2.01. The van der Waals surface area contributed by atoms with E-state index >= 15 is 0 Å². The first-order chi connectivity index (χ1) is 6.68. The maximum Gasteiger partial charge on any atom is 0.123 e. The summed E-state index contributed by atoms with van der Waals surface area (Å²) in [5, 5.41) is 7.52. The summed E-state index contributed by atoms with van der Waals surface area (Å²) in [6.45, 7) is 4.05. The number of nitrogens with zero attached hydrogens (tertiary/aromatic N) is 3. The van der Waals surface area contributed by atoms with Gasteiger partial charge in [0.2, 0.25) is 0 Å². The van der Waals surface area contributed by atoms with Crippen molar-refractivity contribution in [1.82, 2.24) is 14.8 Å². The second-order valence-electron chi connectivity index (χ2n) is 3.39. The average molecular weight is 188 g/mol. The molecule has 1 heterocycles. The third kappa shape index (κ3) is 1.35. The number of rotatable bonds is 1. The van der Waals surface area contributed by atoms with Gasteiger partial charge in [-0.1, -0.05) is 6.07 Å². The van der Waals surface area contributed by atoms with Gasteiger partial charge >= 0.3 is 0 Å². The first-order valence-electron chi connectivity index (χ1n) is 4.40. The number of hydrogen-bond donors (Lipinski definition) is 1. The molecule has 2 rings (SSSR count). The molecule has 0 aliphatic carbocycles. The molecule has 4 nitrogen and oxygen atoms in total. The minimum Gasteiger partial charge on any atom is -0.397 e. The second-order valence-corrected chi connectivity index (χ2v) is 3.39. The van der Waals surface area contributed by atoms with Crippen molar-refractivity contribution < 1.29 is 0 Å². The van der Waals surface area contributed by atoms with Gasteiger partial charge in [0.1, 0.15) is 12.7 Å². The van der Waals surface area contributed by atoms with Gasteiger partial charge in [-0.15, -0.1) is 10.2 Å². The highest BCUT2D eigenvalue weighted by molar-refractivity contribution is 5.63. The van der Waals surface area contributed by atoms with Crippen LogP contribution in [0.4, 0.5) is 5.69 Å². The molecule has 0 aliphatic heterocycles. The Morgan fingerprint density at radius 2 is 1.79 bits per heavy atom. The van der Waals surface area contributed by atoms with Crippen LogP contribution in [0, 0.1) is 13.8 Å². The summed E-state index contributed by atoms with van der Waals surface area (Å²) < 4.78 is 1.82. The Hall–Kier alpha value is -1.84. The highest BCUT2D eigenvalue weighted by Crippen LogP contribution is 2.22. The highest BCUT2D eigenvalue weighted by Gasteiger charge is 2.05. The van der Waals surface area contributed by atoms with Crippen LogP contribution in [0.1, 0.15) is 11.1 Å². The molecule has 2 aromatic rings. The molecule has 4 heteroatoms. The summed E-state index contributed by atoms with van der Waals surface area (Å²) in [5.41, 5.74) is 9.94. The van der Waals surface area contributed by atoms with E-state index in [1.54, 1.807) is 12.7 Å². The maximum atomic E-state index is 5.94. The van der Waals surface area contributed by atoms with E-state index in [1.165, 1.54) is 0 Å². The highest BCUT2D eigenvalue weighted by atomic mass is 15.2. The Morgan fingerprint density at radius 3 is 2.36 bits per heavy atom. The van der Waals surface area contributed by atoms with Gasteiger partial charge < -0.3 is 5.73 Å². The Balaban J connectivity index is 2.64. The zero-order valence-electron chi connectivity index (χ0n) is 8.23. The van der Waals surface area contributed by atoms with Crippen LogP contribution in [0.2, 0.25) is 0 Å². The van der Waals surface area contributed by atoms with Gasteiger partial charge in [0.15, 0.2) is 0 Å². The predicted octanol–water partition coefficient (Wildman–Crippen LogP) is 1.47. The van der Waals surface area contributed by atoms with Crippen molar-refractivity contribution in [3.05, 3.63) is 35.9 Å². The van der Waals surface area contributed by atoms with E-state index in [0.717, 1.165) is 22.5 Å². The van der Waals surface area contributed by atoms with E-state index in [2.05, 4.69) is 16.3 Å². The lowest BCUT2D eigenvalue weighted by atomic mass is 10.1. The third-order valence-electron chi connectivity index (χ3n) is 2.15. The van der Waals surface area contributed by atoms with Crippen molar-refractivity contribution >= 4 is 5.69 Å². The van der Waals surface area contributed by atoms with Crippen molar-refractivity contribution in [2.75, 3.05) is 5.73 Å². The molecule has 0 bridgehead atoms. The van der Waals surface area contributed by atoms with Gasteiger partial charge in [-0.05, 0) is 31.0 Å². The largest absolute Gasteiger partial charge is 0.397 e. The van der Waals surface area contributed by atoms with Crippen LogP contribution in [0.3, 0.4) is 0 Å². The molecule has 0 atom stereocenters. The molecular formula is C10H12N4. The minimum absolute atomic E-state index is 0.752. The predicted molar refractivity (Wildman–Crippen MR) is 55.2 cm³/mol. The first kappa shape index (κ1) is 8.74. The van der Waals surface area contributed by atoms with Gasteiger partial charge in [-0.3, -0.25) is 4.57 Å². The van der Waals surface area contributed by atoms with Crippen molar-refractivity contribution in [1.29, 1.82) is 0 Å². The summed E-state index contributed by atoms with van der Waals surface area (Å²) in [6, 6.07) is 4.04. The Labute approximate surface area is 82.4 Å². The van der Waals surface area contributed by atoms with E-state index in [4.69, 9.17) is 5.73 Å². The molecular weight excluding hydrogens is 176 g/mol. The standard InChI is InChI=1S/C10H12N4/c1-7-3-8(2)10(9(11)4-7)14-5-12-13-6-14/h3-6H,11H2,1-2H3. The minimum atomic E-state index is 0.752. The van der Waals surface area contributed by atoms with Crippen molar-refractivity contribution in [2.45, 2.75) is 13.8 Å². The quantitative estimate of drug-likeness (QED) is 0.689. The molecule has 72 valence electrons. The summed E-state index contributed by atoms with van der Waals surface area (Å²) in [5.74, 6) is 0. The molecule has 0 spiro atoms. The van der Waals surface area contributed by atoms with Crippen LogP contribution in [0.5, 0.6) is 0 Å². The fourth-order valence-electron chi connectivity index (χ4n) is 1.66. The molecule has 14 heavy (non-hydrogen) atoms. The molecule has 0 unspecified atom stereocenters. The van der Waals surface area contributed by atoms with Gasteiger partial charge in [-0.25, -0.2) is 0 Å². The number of aryl methyl sites for hydroxylation is 2. The van der Waals surface area contributed by atoms with E-state index < -0.39 is 0 Å². The lowest BCUT2D eigenvalue weighted by molar-refractivity contribution is 1.04. The second kappa shape index (κ2) is 3.14. The molecule has 2 N–H and O–H groups in total. The maximum absolute atomic E-state index is 5.94. The van der Waals surface area contributed by atoms with Gasteiger partial charge in [-0.2, -0.15) is 0 Å². The Morgan fingerprint density at radius 1 is 1.14 bits per heavy atom. The number of anilines is 1. The molecule has 0 fully saturated rings. The normalized spacial score (nSPS) is 10.4. The molecule has 1 aromatic heterocycles. The molecule has 0 amide bonds. The van der Waals surface area contributed by atoms with Crippen molar-refractivity contribution in [3.63, 3.8) is 0 Å². The van der Waals surface area contributed by atoms with E-state index in [0.29, 0.717) is 0 Å². The molecule has 0 radical (unpaired) electrons. The molecule has 0 saturated carbocycles. The van der Waals surface area contributed by atoms with Gasteiger partial charge in [0.25, 0.3) is 0 Å². The fourth-order valence-corrected chi connectivity index (χ4v) is 1.66. The summed E-state index contributed by atoms with van der Waals surface area (Å²) in [6.07, 6.45) is 3.29. The monoisotopic (exact) mass is 188 g/mol. The van der Waals surface area contributed by atoms with Crippen LogP contribution in [0.25, 0.3) is 5.69 Å². The summed E-state index contributed by atoms with van der Waals surface area (Å²) in [4.78, 5) is 0. The number of aromatic nitrogens is 3. The first-order valence-corrected chi connectivity index (χ1v) is 4.40. The van der Waals surface area contributed by atoms with Crippen LogP contribution in [0.15, 0.2) is 24.8 Å². The van der Waals surface area contributed by atoms with Gasteiger partial charge in [0, 0.05) is 0 Å². The fraction of sp³-hybridized carbons (Fsp3) is 0.200. The zero-order valence-corrected chi connectivity index (χ0v) is 8.23. The van der Waals surface area contributed by atoms with Crippen molar-refractivity contribution in [2.24, 2.45) is 0 Å². The molecule has 0 aliphatic rings. The van der Waals surface area contributed by atoms with E-state index in [1.807, 2.05) is 24.5 Å². The zero-order chi connectivity index (χ0) is 10.1. The van der Waals surface area contributed by atoms with Crippen LogP contribution in [-0.4, -0.2) is 14.8 Å². The molecule has 1 aromatic carbocycles. The van der Waals surface area contributed by atoms with E-state index in [9.17, 15) is 0 Å². The summed E-state index contributed by atoms with van der Waals surface area (Å²) in [7, 11) is 0. The number of benzene rings is 1. The average Bonchev–Trinajstić information content (AvgIpc) is 2.54. The Kier molecular flexibility index (Phi) is 1.96. The summed E-state index contributed by atoms with van der Waals surface area (Å²) >= 11 is 0. The SMILES string of the molecule is Cc1cc(C)c(-n2cnnc2)c(N)c1. The van der Waals surface area contributed by atoms with Gasteiger partial charge in [0.05, 0.1) is 11.4 Å². The number of nitrogen functional groups attached to an aromatic ring is 1. The Bertz CT molecular complexity index is 422. The smallest absolute Gasteiger partial charge is 0.123 e. The lowest BCUT2D eigenvalue weighted by Gasteiger charge is -2.10. The van der Waals surface area contributed by atoms with Crippen LogP contribution in [-0.2, 0) is 0 Å². The number of nitrogens with two attached hydrogens (primary N) is 1. The topological polar surface area (TPSA) is 56.7 Å². The third-order valence-corrected chi connectivity index (χ3v) is 2.15. The molecule has 0 saturated heterocycles.